The van der Waals surface area contributed by atoms with Crippen LogP contribution in [0.25, 0.3) is 0 Å². The molecule has 2 aliphatic rings. The van der Waals surface area contributed by atoms with Gasteiger partial charge in [-0.15, -0.1) is 0 Å². The van der Waals surface area contributed by atoms with Crippen LogP contribution >= 0.6 is 0 Å². The van der Waals surface area contributed by atoms with Crippen LogP contribution in [0, 0.1) is 0 Å². The quantitative estimate of drug-likeness (QED) is 0.0432. The van der Waals surface area contributed by atoms with Crippen molar-refractivity contribution in [3.63, 3.8) is 0 Å². The summed E-state index contributed by atoms with van der Waals surface area (Å²) < 4.78 is 33.9. The SMILES string of the molecule is CC(C)(c1ccc(OCC(O)CCCCCCCCCCCC(O)COc2ccc(C(C)(C)c3ccc(OCC4CO4)cc3)cc2)cc1)c1ccc(OCC2CO2)cc1. The molecule has 2 fully saturated rings. The van der Waals surface area contributed by atoms with E-state index in [9.17, 15) is 10.2 Å². The minimum atomic E-state index is -0.458. The summed E-state index contributed by atoms with van der Waals surface area (Å²) >= 11 is 0. The second kappa shape index (κ2) is 22.0. The Bertz CT molecular complexity index is 1650. The molecule has 0 aliphatic carbocycles. The van der Waals surface area contributed by atoms with Gasteiger partial charge >= 0.3 is 0 Å². The first-order valence-electron chi connectivity index (χ1n) is 22.1. The zero-order chi connectivity index (χ0) is 41.5. The van der Waals surface area contributed by atoms with Crippen LogP contribution in [0.2, 0.25) is 0 Å². The number of epoxide rings is 2. The van der Waals surface area contributed by atoms with Crippen molar-refractivity contribution in [1.82, 2.24) is 0 Å². The van der Waals surface area contributed by atoms with E-state index in [4.69, 9.17) is 28.4 Å². The van der Waals surface area contributed by atoms with Crippen LogP contribution in [0.15, 0.2) is 97.1 Å². The average molecular weight is 809 g/mol. The highest BCUT2D eigenvalue weighted by Crippen LogP contribution is 2.35. The van der Waals surface area contributed by atoms with Gasteiger partial charge in [-0.3, -0.25) is 0 Å². The highest BCUT2D eigenvalue weighted by atomic mass is 16.6. The summed E-state index contributed by atoms with van der Waals surface area (Å²) in [7, 11) is 0. The van der Waals surface area contributed by atoms with Crippen molar-refractivity contribution < 1.29 is 38.6 Å². The van der Waals surface area contributed by atoms with Gasteiger partial charge in [-0.25, -0.2) is 0 Å². The highest BCUT2D eigenvalue weighted by Gasteiger charge is 2.26. The van der Waals surface area contributed by atoms with Gasteiger partial charge in [0.2, 0.25) is 0 Å². The molecule has 4 atom stereocenters. The third kappa shape index (κ3) is 14.6. The molecule has 6 rings (SSSR count). The van der Waals surface area contributed by atoms with E-state index < -0.39 is 12.2 Å². The fourth-order valence-corrected chi connectivity index (χ4v) is 7.46. The lowest BCUT2D eigenvalue weighted by Gasteiger charge is -2.26. The molecule has 0 saturated carbocycles. The Labute approximate surface area is 353 Å². The number of benzene rings is 4. The predicted octanol–water partition coefficient (Wildman–Crippen LogP) is 10.4. The Morgan fingerprint density at radius 1 is 0.441 bits per heavy atom. The van der Waals surface area contributed by atoms with Gasteiger partial charge in [0.05, 0.1) is 25.4 Å². The Balaban J connectivity index is 0.746. The third-order valence-corrected chi connectivity index (χ3v) is 11.9. The van der Waals surface area contributed by atoms with Gasteiger partial charge in [0, 0.05) is 10.8 Å². The van der Waals surface area contributed by atoms with Gasteiger partial charge in [-0.05, 0) is 83.6 Å². The summed E-state index contributed by atoms with van der Waals surface area (Å²) in [5, 5.41) is 21.0. The lowest BCUT2D eigenvalue weighted by molar-refractivity contribution is 0.0974. The highest BCUT2D eigenvalue weighted by molar-refractivity contribution is 5.43. The van der Waals surface area contributed by atoms with Gasteiger partial charge in [-0.1, -0.05) is 134 Å². The molecule has 2 N–H and O–H groups in total. The second-order valence-corrected chi connectivity index (χ2v) is 17.6. The molecule has 320 valence electrons. The zero-order valence-corrected chi connectivity index (χ0v) is 35.9. The second-order valence-electron chi connectivity index (χ2n) is 17.6. The predicted molar refractivity (Wildman–Crippen MR) is 234 cm³/mol. The van der Waals surface area contributed by atoms with Crippen LogP contribution < -0.4 is 18.9 Å². The zero-order valence-electron chi connectivity index (χ0n) is 35.9. The van der Waals surface area contributed by atoms with E-state index in [-0.39, 0.29) is 23.0 Å². The summed E-state index contributed by atoms with van der Waals surface area (Å²) in [5.74, 6) is 3.30. The van der Waals surface area contributed by atoms with Crippen LogP contribution in [0.4, 0.5) is 0 Å². The van der Waals surface area contributed by atoms with E-state index in [0.29, 0.717) is 26.4 Å². The number of hydrogen-bond donors (Lipinski definition) is 2. The summed E-state index contributed by atoms with van der Waals surface area (Å²) in [6, 6.07) is 33.1. The van der Waals surface area contributed by atoms with Gasteiger partial charge in [0.25, 0.3) is 0 Å². The van der Waals surface area contributed by atoms with Crippen molar-refractivity contribution in [2.75, 3.05) is 39.6 Å². The first-order chi connectivity index (χ1) is 28.6. The molecular formula is C51H68O8. The molecule has 2 saturated heterocycles. The van der Waals surface area contributed by atoms with Crippen molar-refractivity contribution in [3.05, 3.63) is 119 Å². The number of rotatable bonds is 28. The molecule has 0 radical (unpaired) electrons. The molecule has 0 spiro atoms. The third-order valence-electron chi connectivity index (χ3n) is 11.9. The monoisotopic (exact) mass is 808 g/mol. The van der Waals surface area contributed by atoms with Gasteiger partial charge < -0.3 is 38.6 Å². The molecule has 2 heterocycles. The average Bonchev–Trinajstić information content (AvgIpc) is 4.20. The van der Waals surface area contributed by atoms with E-state index in [1.54, 1.807) is 0 Å². The van der Waals surface area contributed by atoms with E-state index in [1.807, 2.05) is 48.5 Å². The van der Waals surface area contributed by atoms with Gasteiger partial charge in [0.1, 0.15) is 61.6 Å². The summed E-state index contributed by atoms with van der Waals surface area (Å²) in [4.78, 5) is 0. The largest absolute Gasteiger partial charge is 0.491 e. The van der Waals surface area contributed by atoms with Gasteiger partial charge in [0.15, 0.2) is 0 Å². The molecule has 0 aromatic heterocycles. The molecule has 2 aliphatic heterocycles. The van der Waals surface area contributed by atoms with Crippen LogP contribution in [-0.4, -0.2) is 74.3 Å². The molecule has 4 aromatic carbocycles. The van der Waals surface area contributed by atoms with E-state index >= 15 is 0 Å². The standard InChI is InChI=1S/C51H68O8/c1-50(2,40-20-28-46(29-21-40)56-34-48-36-58-48)38-16-24-44(25-17-38)54-32-42(52)14-12-10-8-6-5-7-9-11-13-15-43(53)33-55-45-26-18-39(19-27-45)51(3,4)41-22-30-47(31-23-41)57-35-49-37-59-49/h16-31,42-43,48-49,52-53H,5-15,32-37H2,1-4H3. The van der Waals surface area contributed by atoms with Crippen molar-refractivity contribution in [1.29, 1.82) is 0 Å². The van der Waals surface area contributed by atoms with Crippen LogP contribution in [0.1, 0.15) is 121 Å². The number of ether oxygens (including phenoxy) is 6. The van der Waals surface area contributed by atoms with E-state index in [0.717, 1.165) is 74.7 Å². The Morgan fingerprint density at radius 2 is 0.695 bits per heavy atom. The summed E-state index contributed by atoms with van der Waals surface area (Å²) in [6.45, 7) is 12.3. The van der Waals surface area contributed by atoms with Crippen molar-refractivity contribution in [3.8, 4) is 23.0 Å². The normalized spacial score (nSPS) is 17.3. The Kier molecular flexibility index (Phi) is 16.6. The molecular weight excluding hydrogens is 741 g/mol. The topological polar surface area (TPSA) is 102 Å². The van der Waals surface area contributed by atoms with Crippen molar-refractivity contribution in [2.24, 2.45) is 0 Å². The number of aliphatic hydroxyl groups is 2. The fraction of sp³-hybridized carbons (Fsp3) is 0.529. The van der Waals surface area contributed by atoms with Crippen LogP contribution in [0.5, 0.6) is 23.0 Å². The van der Waals surface area contributed by atoms with Crippen LogP contribution in [-0.2, 0) is 20.3 Å². The minimum Gasteiger partial charge on any atom is -0.491 e. The Morgan fingerprint density at radius 3 is 0.966 bits per heavy atom. The van der Waals surface area contributed by atoms with E-state index in [2.05, 4.69) is 76.2 Å². The van der Waals surface area contributed by atoms with Crippen molar-refractivity contribution >= 4 is 0 Å². The lowest BCUT2D eigenvalue weighted by Crippen LogP contribution is -2.19. The smallest absolute Gasteiger partial charge is 0.119 e. The summed E-state index contributed by atoms with van der Waals surface area (Å²) in [6.07, 6.45) is 11.5. The fourth-order valence-electron chi connectivity index (χ4n) is 7.46. The minimum absolute atomic E-state index is 0.165. The maximum absolute atomic E-state index is 10.5. The lowest BCUT2D eigenvalue weighted by atomic mass is 9.78. The summed E-state index contributed by atoms with van der Waals surface area (Å²) in [5.41, 5.74) is 4.51. The number of unbranched alkanes of at least 4 members (excludes halogenated alkanes) is 8. The van der Waals surface area contributed by atoms with Gasteiger partial charge in [-0.2, -0.15) is 0 Å². The molecule has 8 heteroatoms. The number of aliphatic hydroxyl groups excluding tert-OH is 2. The molecule has 0 amide bonds. The first kappa shape index (κ1) is 44.5. The maximum Gasteiger partial charge on any atom is 0.119 e. The Hall–Kier alpha value is -4.08. The van der Waals surface area contributed by atoms with Crippen LogP contribution in [0.3, 0.4) is 0 Å². The van der Waals surface area contributed by atoms with Crippen molar-refractivity contribution in [2.45, 2.75) is 134 Å². The molecule has 0 bridgehead atoms. The maximum atomic E-state index is 10.5. The molecule has 4 aromatic rings. The molecule has 8 nitrogen and oxygen atoms in total. The first-order valence-corrected chi connectivity index (χ1v) is 22.1. The number of hydrogen-bond acceptors (Lipinski definition) is 8. The molecule has 59 heavy (non-hydrogen) atoms. The molecule has 4 unspecified atom stereocenters. The van der Waals surface area contributed by atoms with E-state index in [1.165, 1.54) is 54.4 Å².